The van der Waals surface area contributed by atoms with Gasteiger partial charge in [0.15, 0.2) is 5.82 Å². The molecule has 1 aliphatic rings. The SMILES string of the molecule is O=C(NCc1ccnc(N2CCOCC2)c1)c1cnn(-c2ccccc2F)c1-n1cccc1. The first-order valence-electron chi connectivity index (χ1n) is 10.7. The van der Waals surface area contributed by atoms with E-state index < -0.39 is 5.82 Å². The summed E-state index contributed by atoms with van der Waals surface area (Å²) in [5, 5.41) is 7.28. The average Bonchev–Trinajstić information content (AvgIpc) is 3.54. The molecule has 33 heavy (non-hydrogen) atoms. The molecule has 0 saturated carbocycles. The summed E-state index contributed by atoms with van der Waals surface area (Å²) in [5.41, 5.74) is 1.55. The quantitative estimate of drug-likeness (QED) is 0.493. The molecule has 0 unspecified atom stereocenters. The van der Waals surface area contributed by atoms with E-state index in [1.807, 2.05) is 24.3 Å². The van der Waals surface area contributed by atoms with Crippen LogP contribution in [0.3, 0.4) is 0 Å². The first-order valence-corrected chi connectivity index (χ1v) is 10.7. The molecule has 5 rings (SSSR count). The van der Waals surface area contributed by atoms with Crippen LogP contribution in [0.4, 0.5) is 10.2 Å². The molecule has 1 saturated heterocycles. The normalized spacial score (nSPS) is 13.8. The molecule has 0 aliphatic carbocycles. The molecule has 0 bridgehead atoms. The Balaban J connectivity index is 1.39. The van der Waals surface area contributed by atoms with Gasteiger partial charge in [-0.25, -0.2) is 14.1 Å². The molecule has 0 spiro atoms. The lowest BCUT2D eigenvalue weighted by atomic mass is 10.2. The molecule has 0 atom stereocenters. The number of hydrogen-bond acceptors (Lipinski definition) is 5. The van der Waals surface area contributed by atoms with Gasteiger partial charge in [0, 0.05) is 38.2 Å². The van der Waals surface area contributed by atoms with Crippen molar-refractivity contribution in [1.82, 2.24) is 24.6 Å². The van der Waals surface area contributed by atoms with Gasteiger partial charge in [0.2, 0.25) is 0 Å². The molecular formula is C24H23FN6O2. The zero-order valence-corrected chi connectivity index (χ0v) is 17.9. The van der Waals surface area contributed by atoms with Gasteiger partial charge in [0.1, 0.15) is 22.9 Å². The van der Waals surface area contributed by atoms with Gasteiger partial charge in [-0.05, 0) is 42.0 Å². The van der Waals surface area contributed by atoms with Crippen LogP contribution in [-0.2, 0) is 11.3 Å². The van der Waals surface area contributed by atoms with Crippen molar-refractivity contribution < 1.29 is 13.9 Å². The fourth-order valence-electron chi connectivity index (χ4n) is 3.84. The van der Waals surface area contributed by atoms with E-state index in [0.717, 1.165) is 24.5 Å². The van der Waals surface area contributed by atoms with Crippen LogP contribution in [0.1, 0.15) is 15.9 Å². The number of hydrogen-bond donors (Lipinski definition) is 1. The molecule has 3 aromatic heterocycles. The summed E-state index contributed by atoms with van der Waals surface area (Å²) in [6.07, 6.45) is 6.79. The molecule has 1 aliphatic heterocycles. The first-order chi connectivity index (χ1) is 16.2. The van der Waals surface area contributed by atoms with E-state index >= 15 is 0 Å². The lowest BCUT2D eigenvalue weighted by molar-refractivity contribution is 0.0951. The highest BCUT2D eigenvalue weighted by Gasteiger charge is 2.21. The summed E-state index contributed by atoms with van der Waals surface area (Å²) in [4.78, 5) is 19.7. The number of ether oxygens (including phenoxy) is 1. The number of halogens is 1. The van der Waals surface area contributed by atoms with Gasteiger partial charge in [-0.3, -0.25) is 4.79 Å². The number of carbonyl (C=O) groups is 1. The van der Waals surface area contributed by atoms with Crippen LogP contribution in [0.25, 0.3) is 11.5 Å². The number of pyridine rings is 1. The largest absolute Gasteiger partial charge is 0.378 e. The number of carbonyl (C=O) groups excluding carboxylic acids is 1. The number of nitrogens with one attached hydrogen (secondary N) is 1. The Bertz CT molecular complexity index is 1250. The smallest absolute Gasteiger partial charge is 0.256 e. The van der Waals surface area contributed by atoms with Gasteiger partial charge in [-0.2, -0.15) is 5.10 Å². The molecule has 4 heterocycles. The standard InChI is InChI=1S/C24H23FN6O2/c25-20-5-1-2-6-21(20)31-24(30-9-3-4-10-30)19(17-28-31)23(32)27-16-18-7-8-26-22(15-18)29-11-13-33-14-12-29/h1-10,15,17H,11-14,16H2,(H,27,32). The molecular weight excluding hydrogens is 423 g/mol. The minimum absolute atomic E-state index is 0.268. The van der Waals surface area contributed by atoms with Crippen molar-refractivity contribution in [2.75, 3.05) is 31.2 Å². The Morgan fingerprint density at radius 2 is 1.88 bits per heavy atom. The monoisotopic (exact) mass is 446 g/mol. The molecule has 8 nitrogen and oxygen atoms in total. The van der Waals surface area contributed by atoms with E-state index in [-0.39, 0.29) is 11.6 Å². The van der Waals surface area contributed by atoms with Crippen LogP contribution in [0.5, 0.6) is 0 Å². The highest BCUT2D eigenvalue weighted by molar-refractivity contribution is 5.97. The molecule has 1 fully saturated rings. The van der Waals surface area contributed by atoms with E-state index in [0.29, 0.717) is 31.1 Å². The lowest BCUT2D eigenvalue weighted by Crippen LogP contribution is -2.36. The Labute approximate surface area is 190 Å². The minimum atomic E-state index is -0.423. The average molecular weight is 446 g/mol. The number of aromatic nitrogens is 4. The maximum atomic E-state index is 14.5. The Kier molecular flexibility index (Phi) is 5.86. The Morgan fingerprint density at radius 3 is 2.67 bits per heavy atom. The maximum absolute atomic E-state index is 14.5. The van der Waals surface area contributed by atoms with Gasteiger partial charge in [0.05, 0.1) is 19.4 Å². The van der Waals surface area contributed by atoms with Crippen LogP contribution in [0, 0.1) is 5.82 Å². The van der Waals surface area contributed by atoms with Crippen molar-refractivity contribution in [2.24, 2.45) is 0 Å². The van der Waals surface area contributed by atoms with Crippen LogP contribution in [0.2, 0.25) is 0 Å². The number of benzene rings is 1. The summed E-state index contributed by atoms with van der Waals surface area (Å²) < 4.78 is 23.1. The molecule has 0 radical (unpaired) electrons. The third-order valence-corrected chi connectivity index (χ3v) is 5.52. The lowest BCUT2D eigenvalue weighted by Gasteiger charge is -2.28. The van der Waals surface area contributed by atoms with Gasteiger partial charge in [-0.15, -0.1) is 0 Å². The van der Waals surface area contributed by atoms with Crippen molar-refractivity contribution in [3.63, 3.8) is 0 Å². The maximum Gasteiger partial charge on any atom is 0.256 e. The number of morpholine rings is 1. The zero-order chi connectivity index (χ0) is 22.6. The summed E-state index contributed by atoms with van der Waals surface area (Å²) in [6, 6.07) is 13.9. The first kappa shape index (κ1) is 20.9. The predicted octanol–water partition coefficient (Wildman–Crippen LogP) is 2.96. The molecule has 1 amide bonds. The molecule has 9 heteroatoms. The van der Waals surface area contributed by atoms with Crippen molar-refractivity contribution in [1.29, 1.82) is 0 Å². The van der Waals surface area contributed by atoms with Crippen molar-refractivity contribution in [3.05, 3.63) is 90.3 Å². The van der Waals surface area contributed by atoms with Crippen molar-refractivity contribution in [2.45, 2.75) is 6.54 Å². The second-order valence-corrected chi connectivity index (χ2v) is 7.64. The van der Waals surface area contributed by atoms with Gasteiger partial charge in [-0.1, -0.05) is 12.1 Å². The number of rotatable bonds is 6. The fraction of sp³-hybridized carbons (Fsp3) is 0.208. The minimum Gasteiger partial charge on any atom is -0.378 e. The third-order valence-electron chi connectivity index (χ3n) is 5.52. The van der Waals surface area contributed by atoms with Gasteiger partial charge < -0.3 is 19.5 Å². The summed E-state index contributed by atoms with van der Waals surface area (Å²) in [6.45, 7) is 3.26. The highest BCUT2D eigenvalue weighted by atomic mass is 19.1. The van der Waals surface area contributed by atoms with E-state index in [9.17, 15) is 9.18 Å². The second-order valence-electron chi connectivity index (χ2n) is 7.64. The number of anilines is 1. The van der Waals surface area contributed by atoms with Crippen molar-refractivity contribution in [3.8, 4) is 11.5 Å². The van der Waals surface area contributed by atoms with E-state index in [1.54, 1.807) is 41.4 Å². The number of para-hydroxylation sites is 1. The van der Waals surface area contributed by atoms with Crippen molar-refractivity contribution >= 4 is 11.7 Å². The van der Waals surface area contributed by atoms with Gasteiger partial charge in [0.25, 0.3) is 5.91 Å². The highest BCUT2D eigenvalue weighted by Crippen LogP contribution is 2.22. The number of nitrogens with zero attached hydrogens (tertiary/aromatic N) is 5. The second kappa shape index (κ2) is 9.25. The molecule has 1 N–H and O–H groups in total. The third kappa shape index (κ3) is 4.35. The Hall–Kier alpha value is -3.98. The predicted molar refractivity (Wildman–Crippen MR) is 121 cm³/mol. The topological polar surface area (TPSA) is 77.2 Å². The zero-order valence-electron chi connectivity index (χ0n) is 17.9. The fourth-order valence-corrected chi connectivity index (χ4v) is 3.84. The number of amides is 1. The molecule has 168 valence electrons. The van der Waals surface area contributed by atoms with Gasteiger partial charge >= 0.3 is 0 Å². The Morgan fingerprint density at radius 1 is 1.09 bits per heavy atom. The summed E-state index contributed by atoms with van der Waals surface area (Å²) >= 11 is 0. The van der Waals surface area contributed by atoms with E-state index in [4.69, 9.17) is 4.74 Å². The summed E-state index contributed by atoms with van der Waals surface area (Å²) in [7, 11) is 0. The molecule has 1 aromatic carbocycles. The van der Waals surface area contributed by atoms with E-state index in [2.05, 4.69) is 20.3 Å². The van der Waals surface area contributed by atoms with Crippen LogP contribution >= 0.6 is 0 Å². The van der Waals surface area contributed by atoms with Crippen LogP contribution in [-0.4, -0.2) is 51.5 Å². The summed E-state index contributed by atoms with van der Waals surface area (Å²) in [5.74, 6) is 0.608. The van der Waals surface area contributed by atoms with E-state index in [1.165, 1.54) is 16.9 Å². The molecule has 4 aromatic rings. The van der Waals surface area contributed by atoms with Crippen LogP contribution < -0.4 is 10.2 Å². The van der Waals surface area contributed by atoms with Crippen LogP contribution in [0.15, 0.2) is 73.3 Å².